The molecule has 0 radical (unpaired) electrons. The summed E-state index contributed by atoms with van der Waals surface area (Å²) >= 11 is 0.231. The second-order valence-electron chi connectivity index (χ2n) is 6.93. The van der Waals surface area contributed by atoms with E-state index in [1.165, 1.54) is 42.4 Å². The molecule has 128 valence electrons. The second-order valence-corrected chi connectivity index (χ2v) is 9.14. The van der Waals surface area contributed by atoms with Crippen LogP contribution in [-0.4, -0.2) is 15.0 Å². The van der Waals surface area contributed by atoms with Gasteiger partial charge in [0.15, 0.2) is 0 Å². The van der Waals surface area contributed by atoms with E-state index < -0.39 is 0 Å². The molecule has 0 spiro atoms. The summed E-state index contributed by atoms with van der Waals surface area (Å²) in [5.74, 6) is 0.983. The second kappa shape index (κ2) is 5.77. The van der Waals surface area contributed by atoms with E-state index in [1.54, 1.807) is 0 Å². The van der Waals surface area contributed by atoms with E-state index in [0.717, 1.165) is 11.5 Å². The molecule has 4 aromatic rings. The molecule has 3 heteroatoms. The quantitative estimate of drug-likeness (QED) is 0.374. The Kier molecular flexibility index (Phi) is 3.49. The Morgan fingerprint density at radius 2 is 1.58 bits per heavy atom. The van der Waals surface area contributed by atoms with Crippen molar-refractivity contribution in [2.24, 2.45) is 0 Å². The van der Waals surface area contributed by atoms with Crippen molar-refractivity contribution in [3.05, 3.63) is 77.4 Å². The van der Waals surface area contributed by atoms with Crippen LogP contribution in [0.3, 0.4) is 0 Å². The van der Waals surface area contributed by atoms with Crippen LogP contribution in [0.15, 0.2) is 65.1 Å². The molecule has 0 N–H and O–H groups in total. The van der Waals surface area contributed by atoms with Gasteiger partial charge in [0.25, 0.3) is 0 Å². The molecule has 0 fully saturated rings. The van der Waals surface area contributed by atoms with Gasteiger partial charge in [0, 0.05) is 0 Å². The van der Waals surface area contributed by atoms with Crippen molar-refractivity contribution < 1.29 is 4.42 Å². The van der Waals surface area contributed by atoms with Crippen molar-refractivity contribution in [3.63, 3.8) is 0 Å². The summed E-state index contributed by atoms with van der Waals surface area (Å²) in [5, 5.41) is 1.26. The standard InChI is InChI=1S/C23H19NOSe/c1-14-9-11-20-17(12-14)22-23(25-20)24(18-7-5-4-6-16(18)3)19-10-8-15(2)13-21(19)26-22/h4-13H,1-3H3. The minimum atomic E-state index is 0.231. The molecular formula is C23H19NOSe. The first-order chi connectivity index (χ1) is 12.6. The van der Waals surface area contributed by atoms with Crippen LogP contribution in [0.4, 0.5) is 17.3 Å². The average Bonchev–Trinajstić information content (AvgIpc) is 2.98. The zero-order valence-corrected chi connectivity index (χ0v) is 16.8. The number of hydrogen-bond donors (Lipinski definition) is 0. The SMILES string of the molecule is Cc1ccc2c(c1)[Se]c1c(oc3ccc(C)cc13)N2c1ccccc1C. The molecular weight excluding hydrogens is 385 g/mol. The molecule has 0 unspecified atom stereocenters. The molecule has 26 heavy (non-hydrogen) atoms. The molecule has 3 aromatic carbocycles. The number of para-hydroxylation sites is 1. The predicted octanol–water partition coefficient (Wildman–Crippen LogP) is 4.80. The number of furan rings is 1. The van der Waals surface area contributed by atoms with Gasteiger partial charge in [-0.05, 0) is 0 Å². The van der Waals surface area contributed by atoms with Crippen LogP contribution in [0.5, 0.6) is 0 Å². The number of anilines is 3. The third kappa shape index (κ3) is 2.32. The summed E-state index contributed by atoms with van der Waals surface area (Å²) in [6, 6.07) is 21.8. The normalized spacial score (nSPS) is 13.0. The predicted molar refractivity (Wildman–Crippen MR) is 110 cm³/mol. The van der Waals surface area contributed by atoms with Crippen molar-refractivity contribution >= 4 is 52.1 Å². The zero-order chi connectivity index (χ0) is 17.8. The van der Waals surface area contributed by atoms with Crippen LogP contribution in [-0.2, 0) is 0 Å². The van der Waals surface area contributed by atoms with Gasteiger partial charge in [0.2, 0.25) is 0 Å². The number of fused-ring (bicyclic) bond motifs is 4. The maximum absolute atomic E-state index is 6.40. The van der Waals surface area contributed by atoms with Gasteiger partial charge in [-0.3, -0.25) is 0 Å². The van der Waals surface area contributed by atoms with Gasteiger partial charge in [-0.1, -0.05) is 0 Å². The molecule has 2 heterocycles. The number of rotatable bonds is 1. The van der Waals surface area contributed by atoms with Crippen LogP contribution >= 0.6 is 0 Å². The molecule has 0 aliphatic carbocycles. The molecule has 1 aliphatic heterocycles. The first kappa shape index (κ1) is 15.7. The average molecular weight is 404 g/mol. The van der Waals surface area contributed by atoms with E-state index in [9.17, 15) is 0 Å². The van der Waals surface area contributed by atoms with Crippen LogP contribution in [0, 0.1) is 20.8 Å². The monoisotopic (exact) mass is 405 g/mol. The van der Waals surface area contributed by atoms with Crippen molar-refractivity contribution in [2.45, 2.75) is 20.8 Å². The molecule has 0 amide bonds. The molecule has 1 aliphatic rings. The Morgan fingerprint density at radius 1 is 0.808 bits per heavy atom. The molecule has 1 aromatic heterocycles. The summed E-state index contributed by atoms with van der Waals surface area (Å²) < 4.78 is 9.16. The van der Waals surface area contributed by atoms with Gasteiger partial charge < -0.3 is 0 Å². The summed E-state index contributed by atoms with van der Waals surface area (Å²) in [5.41, 5.74) is 7.23. The third-order valence-corrected chi connectivity index (χ3v) is 7.31. The molecule has 2 nitrogen and oxygen atoms in total. The Morgan fingerprint density at radius 3 is 2.42 bits per heavy atom. The molecule has 0 saturated carbocycles. The molecule has 0 bridgehead atoms. The fourth-order valence-electron chi connectivity index (χ4n) is 3.58. The summed E-state index contributed by atoms with van der Waals surface area (Å²) in [7, 11) is 0. The molecule has 0 saturated heterocycles. The van der Waals surface area contributed by atoms with Gasteiger partial charge in [0.05, 0.1) is 0 Å². The minimum absolute atomic E-state index is 0.231. The van der Waals surface area contributed by atoms with E-state index in [-0.39, 0.29) is 15.0 Å². The van der Waals surface area contributed by atoms with Gasteiger partial charge >= 0.3 is 160 Å². The van der Waals surface area contributed by atoms with Gasteiger partial charge in [-0.15, -0.1) is 0 Å². The summed E-state index contributed by atoms with van der Waals surface area (Å²) in [4.78, 5) is 2.31. The summed E-state index contributed by atoms with van der Waals surface area (Å²) in [6.45, 7) is 6.48. The van der Waals surface area contributed by atoms with Crippen LogP contribution in [0.25, 0.3) is 11.0 Å². The number of aryl methyl sites for hydroxylation is 3. The van der Waals surface area contributed by atoms with Gasteiger partial charge in [-0.2, -0.15) is 0 Å². The third-order valence-electron chi connectivity index (χ3n) is 4.91. The number of hydrogen-bond acceptors (Lipinski definition) is 2. The topological polar surface area (TPSA) is 16.4 Å². The van der Waals surface area contributed by atoms with E-state index in [4.69, 9.17) is 4.42 Å². The van der Waals surface area contributed by atoms with Gasteiger partial charge in [0.1, 0.15) is 0 Å². The fourth-order valence-corrected chi connectivity index (χ4v) is 6.14. The Labute approximate surface area is 159 Å². The van der Waals surface area contributed by atoms with Gasteiger partial charge in [-0.25, -0.2) is 0 Å². The van der Waals surface area contributed by atoms with Crippen LogP contribution in [0.2, 0.25) is 0 Å². The fraction of sp³-hybridized carbons (Fsp3) is 0.130. The van der Waals surface area contributed by atoms with Crippen LogP contribution in [0.1, 0.15) is 16.7 Å². The Hall–Kier alpha value is -2.48. The van der Waals surface area contributed by atoms with Crippen molar-refractivity contribution in [1.82, 2.24) is 0 Å². The van der Waals surface area contributed by atoms with E-state index >= 15 is 0 Å². The van der Waals surface area contributed by atoms with E-state index in [1.807, 2.05) is 0 Å². The first-order valence-corrected chi connectivity index (χ1v) is 10.5. The number of benzene rings is 3. The van der Waals surface area contributed by atoms with Crippen molar-refractivity contribution in [1.29, 1.82) is 0 Å². The molecule has 0 atom stereocenters. The number of nitrogens with zero attached hydrogens (tertiary/aromatic N) is 1. The van der Waals surface area contributed by atoms with Crippen LogP contribution < -0.4 is 13.8 Å². The first-order valence-electron chi connectivity index (χ1n) is 8.79. The van der Waals surface area contributed by atoms with E-state index in [0.29, 0.717) is 0 Å². The molecule has 5 rings (SSSR count). The Balaban J connectivity index is 1.84. The van der Waals surface area contributed by atoms with Crippen molar-refractivity contribution in [2.75, 3.05) is 4.90 Å². The van der Waals surface area contributed by atoms with E-state index in [2.05, 4.69) is 86.3 Å². The zero-order valence-electron chi connectivity index (χ0n) is 15.0. The van der Waals surface area contributed by atoms with Crippen molar-refractivity contribution in [3.8, 4) is 0 Å². The maximum atomic E-state index is 6.40. The summed E-state index contributed by atoms with van der Waals surface area (Å²) in [6.07, 6.45) is 0. The Bertz CT molecular complexity index is 1160.